The smallest absolute Gasteiger partial charge is 0.114 e. The number of methoxy groups -OCH3 is 5. The van der Waals surface area contributed by atoms with Crippen molar-refractivity contribution in [2.75, 3.05) is 55.4 Å². The van der Waals surface area contributed by atoms with Gasteiger partial charge in [0.2, 0.25) is 0 Å². The van der Waals surface area contributed by atoms with Crippen LogP contribution in [0.2, 0.25) is 0 Å². The fourth-order valence-electron chi connectivity index (χ4n) is 2.07. The Bertz CT molecular complexity index is 196. The van der Waals surface area contributed by atoms with Crippen LogP contribution in [0.25, 0.3) is 0 Å². The van der Waals surface area contributed by atoms with E-state index in [0.29, 0.717) is 19.8 Å². The van der Waals surface area contributed by atoms with Crippen molar-refractivity contribution in [1.82, 2.24) is 0 Å². The summed E-state index contributed by atoms with van der Waals surface area (Å²) >= 11 is 0. The molecule has 4 atom stereocenters. The maximum atomic E-state index is 5.66. The molecule has 6 heteroatoms. The zero-order valence-electron chi connectivity index (χ0n) is 12.9. The average Bonchev–Trinajstić information content (AvgIpc) is 2.42. The minimum Gasteiger partial charge on any atom is -0.382 e. The fourth-order valence-corrected chi connectivity index (χ4v) is 2.07. The quantitative estimate of drug-likeness (QED) is 0.525. The van der Waals surface area contributed by atoms with Crippen molar-refractivity contribution in [2.24, 2.45) is 0 Å². The Kier molecular flexibility index (Phi) is 11.4. The van der Waals surface area contributed by atoms with Gasteiger partial charge < -0.3 is 28.4 Å². The molecule has 4 unspecified atom stereocenters. The molecule has 0 aliphatic rings. The lowest BCUT2D eigenvalue weighted by Crippen LogP contribution is -2.51. The maximum Gasteiger partial charge on any atom is 0.114 e. The summed E-state index contributed by atoms with van der Waals surface area (Å²) in [5.41, 5.74) is 0. The third-order valence-electron chi connectivity index (χ3n) is 2.95. The minimum absolute atomic E-state index is 0.223. The molecule has 0 rings (SSSR count). The molecule has 0 amide bonds. The first-order valence-electron chi connectivity index (χ1n) is 6.37. The van der Waals surface area contributed by atoms with Crippen LogP contribution >= 0.6 is 0 Å². The maximum absolute atomic E-state index is 5.66. The van der Waals surface area contributed by atoms with E-state index in [0.717, 1.165) is 0 Å². The van der Waals surface area contributed by atoms with E-state index in [2.05, 4.69) is 0 Å². The molecular formula is C13H28O6. The molecule has 0 fully saturated rings. The second-order valence-electron chi connectivity index (χ2n) is 4.08. The molecular weight excluding hydrogens is 252 g/mol. The summed E-state index contributed by atoms with van der Waals surface area (Å²) in [6.45, 7) is 3.35. The Balaban J connectivity index is 4.89. The highest BCUT2D eigenvalue weighted by atomic mass is 16.6. The van der Waals surface area contributed by atoms with Crippen LogP contribution in [0.4, 0.5) is 0 Å². The van der Waals surface area contributed by atoms with Gasteiger partial charge >= 0.3 is 0 Å². The molecule has 19 heavy (non-hydrogen) atoms. The third kappa shape index (κ3) is 6.16. The van der Waals surface area contributed by atoms with Crippen LogP contribution in [0.3, 0.4) is 0 Å². The largest absolute Gasteiger partial charge is 0.382 e. The second-order valence-corrected chi connectivity index (χ2v) is 4.08. The Morgan fingerprint density at radius 3 is 1.53 bits per heavy atom. The van der Waals surface area contributed by atoms with Crippen LogP contribution < -0.4 is 0 Å². The standard InChI is InChI=1S/C13H28O6/c1-7-19-11(9-15-3)13(18-6)12(17-5)10(16-4)8-14-2/h10-13H,7-9H2,1-6H3. The molecule has 0 spiro atoms. The highest BCUT2D eigenvalue weighted by molar-refractivity contribution is 4.85. The lowest BCUT2D eigenvalue weighted by Gasteiger charge is -2.34. The number of ether oxygens (including phenoxy) is 6. The van der Waals surface area contributed by atoms with E-state index in [1.165, 1.54) is 0 Å². The van der Waals surface area contributed by atoms with E-state index in [4.69, 9.17) is 28.4 Å². The molecule has 0 aliphatic carbocycles. The van der Waals surface area contributed by atoms with Gasteiger partial charge in [-0.1, -0.05) is 0 Å². The lowest BCUT2D eigenvalue weighted by atomic mass is 10.0. The number of rotatable bonds is 12. The molecule has 0 aromatic heterocycles. The first kappa shape index (κ1) is 18.8. The van der Waals surface area contributed by atoms with Gasteiger partial charge in [0.15, 0.2) is 0 Å². The summed E-state index contributed by atoms with van der Waals surface area (Å²) in [6.07, 6.45) is -1.06. The van der Waals surface area contributed by atoms with E-state index in [-0.39, 0.29) is 24.4 Å². The van der Waals surface area contributed by atoms with E-state index >= 15 is 0 Å². The molecule has 0 bridgehead atoms. The molecule has 0 aromatic rings. The van der Waals surface area contributed by atoms with Crippen LogP contribution in [0, 0.1) is 0 Å². The average molecular weight is 280 g/mol. The Morgan fingerprint density at radius 2 is 1.16 bits per heavy atom. The Morgan fingerprint density at radius 1 is 0.684 bits per heavy atom. The first-order valence-corrected chi connectivity index (χ1v) is 6.37. The first-order chi connectivity index (χ1) is 9.19. The summed E-state index contributed by atoms with van der Waals surface area (Å²) in [7, 11) is 8.11. The van der Waals surface area contributed by atoms with Crippen LogP contribution in [0.1, 0.15) is 6.92 Å². The lowest BCUT2D eigenvalue weighted by molar-refractivity contribution is -0.171. The van der Waals surface area contributed by atoms with Crippen molar-refractivity contribution in [2.45, 2.75) is 31.3 Å². The van der Waals surface area contributed by atoms with Crippen LogP contribution in [0.5, 0.6) is 0 Å². The van der Waals surface area contributed by atoms with Gasteiger partial charge in [-0.2, -0.15) is 0 Å². The zero-order chi connectivity index (χ0) is 14.7. The summed E-state index contributed by atoms with van der Waals surface area (Å²) < 4.78 is 32.4. The predicted molar refractivity (Wildman–Crippen MR) is 71.6 cm³/mol. The van der Waals surface area contributed by atoms with Crippen molar-refractivity contribution in [3.05, 3.63) is 0 Å². The van der Waals surface area contributed by atoms with E-state index in [1.54, 1.807) is 35.5 Å². The summed E-state index contributed by atoms with van der Waals surface area (Å²) in [5.74, 6) is 0. The van der Waals surface area contributed by atoms with Gasteiger partial charge in [0.05, 0.1) is 13.2 Å². The van der Waals surface area contributed by atoms with Crippen molar-refractivity contribution in [3.63, 3.8) is 0 Å². The van der Waals surface area contributed by atoms with Crippen LogP contribution in [0.15, 0.2) is 0 Å². The van der Waals surface area contributed by atoms with Crippen molar-refractivity contribution < 1.29 is 28.4 Å². The van der Waals surface area contributed by atoms with Gasteiger partial charge in [0.25, 0.3) is 0 Å². The van der Waals surface area contributed by atoms with E-state index in [1.807, 2.05) is 6.92 Å². The summed E-state index contributed by atoms with van der Waals surface area (Å²) in [6, 6.07) is 0. The molecule has 0 aromatic carbocycles. The molecule has 0 radical (unpaired) electrons. The van der Waals surface area contributed by atoms with Crippen LogP contribution in [-0.2, 0) is 28.4 Å². The highest BCUT2D eigenvalue weighted by Gasteiger charge is 2.36. The second kappa shape index (κ2) is 11.6. The molecule has 0 saturated carbocycles. The third-order valence-corrected chi connectivity index (χ3v) is 2.95. The zero-order valence-corrected chi connectivity index (χ0v) is 12.9. The number of hydrogen-bond donors (Lipinski definition) is 0. The van der Waals surface area contributed by atoms with Crippen molar-refractivity contribution in [3.8, 4) is 0 Å². The highest BCUT2D eigenvalue weighted by Crippen LogP contribution is 2.17. The van der Waals surface area contributed by atoms with Crippen LogP contribution in [-0.4, -0.2) is 79.8 Å². The molecule has 0 saturated heterocycles. The topological polar surface area (TPSA) is 55.4 Å². The van der Waals surface area contributed by atoms with E-state index < -0.39 is 0 Å². The van der Waals surface area contributed by atoms with Gasteiger partial charge in [0.1, 0.15) is 24.4 Å². The molecule has 116 valence electrons. The van der Waals surface area contributed by atoms with Gasteiger partial charge in [-0.15, -0.1) is 0 Å². The van der Waals surface area contributed by atoms with Crippen molar-refractivity contribution in [1.29, 1.82) is 0 Å². The minimum atomic E-state index is -0.304. The van der Waals surface area contributed by atoms with Gasteiger partial charge in [0, 0.05) is 42.2 Å². The molecule has 0 N–H and O–H groups in total. The monoisotopic (exact) mass is 280 g/mol. The molecule has 0 heterocycles. The van der Waals surface area contributed by atoms with Gasteiger partial charge in [-0.3, -0.25) is 0 Å². The summed E-state index contributed by atoms with van der Waals surface area (Å²) in [4.78, 5) is 0. The van der Waals surface area contributed by atoms with Gasteiger partial charge in [-0.05, 0) is 6.92 Å². The van der Waals surface area contributed by atoms with Gasteiger partial charge in [-0.25, -0.2) is 0 Å². The normalized spacial score (nSPS) is 18.0. The van der Waals surface area contributed by atoms with Crippen molar-refractivity contribution >= 4 is 0 Å². The number of hydrogen-bond acceptors (Lipinski definition) is 6. The Hall–Kier alpha value is -0.240. The fraction of sp³-hybridized carbons (Fsp3) is 1.00. The summed E-state index contributed by atoms with van der Waals surface area (Å²) in [5, 5.41) is 0. The molecule has 0 aliphatic heterocycles. The SMILES string of the molecule is CCOC(COC)C(OC)C(OC)C(COC)OC. The molecule has 6 nitrogen and oxygen atoms in total. The van der Waals surface area contributed by atoms with E-state index in [9.17, 15) is 0 Å². The Labute approximate surface area is 116 Å². The predicted octanol–water partition coefficient (Wildman–Crippen LogP) is 0.729.